The second kappa shape index (κ2) is 7.69. The van der Waals surface area contributed by atoms with Crippen LogP contribution >= 0.6 is 0 Å². The van der Waals surface area contributed by atoms with Crippen molar-refractivity contribution in [3.8, 4) is 0 Å². The molecule has 1 aliphatic carbocycles. The summed E-state index contributed by atoms with van der Waals surface area (Å²) in [7, 11) is 0. The van der Waals surface area contributed by atoms with Crippen molar-refractivity contribution in [3.05, 3.63) is 0 Å². The molecule has 1 heterocycles. The van der Waals surface area contributed by atoms with Gasteiger partial charge in [0, 0.05) is 29.3 Å². The van der Waals surface area contributed by atoms with Gasteiger partial charge in [-0.3, -0.25) is 9.59 Å². The van der Waals surface area contributed by atoms with Crippen molar-refractivity contribution in [2.45, 2.75) is 92.2 Å². The van der Waals surface area contributed by atoms with Crippen LogP contribution in [0.3, 0.4) is 0 Å². The molecule has 0 radical (unpaired) electrons. The third kappa shape index (κ3) is 4.86. The number of likely N-dealkylation sites (tertiary alicyclic amines) is 1. The van der Waals surface area contributed by atoms with Crippen molar-refractivity contribution in [2.24, 2.45) is 16.7 Å². The van der Waals surface area contributed by atoms with E-state index in [0.29, 0.717) is 12.3 Å². The molecule has 0 aromatic rings. The average molecular weight is 365 g/mol. The van der Waals surface area contributed by atoms with E-state index in [1.54, 1.807) is 4.90 Å². The van der Waals surface area contributed by atoms with E-state index in [2.05, 4.69) is 5.32 Å². The minimum Gasteiger partial charge on any atom is -0.335 e. The fourth-order valence-electron chi connectivity index (χ4n) is 4.15. The Labute approximate surface area is 158 Å². The summed E-state index contributed by atoms with van der Waals surface area (Å²) in [5, 5.41) is 3.12. The lowest BCUT2D eigenvalue weighted by Gasteiger charge is -2.34. The summed E-state index contributed by atoms with van der Waals surface area (Å²) in [6.07, 6.45) is 4.99. The fourth-order valence-corrected chi connectivity index (χ4v) is 4.15. The molecule has 5 heteroatoms. The zero-order chi connectivity index (χ0) is 19.7. The molecule has 2 aliphatic rings. The van der Waals surface area contributed by atoms with Gasteiger partial charge in [-0.05, 0) is 38.5 Å². The predicted molar refractivity (Wildman–Crippen MR) is 103 cm³/mol. The van der Waals surface area contributed by atoms with Crippen LogP contribution in [0.15, 0.2) is 0 Å². The highest BCUT2D eigenvalue weighted by Crippen LogP contribution is 2.32. The maximum absolute atomic E-state index is 12.7. The first-order valence-corrected chi connectivity index (χ1v) is 10.1. The average Bonchev–Trinajstić information content (AvgIpc) is 3.01. The second-order valence-corrected chi connectivity index (χ2v) is 10.1. The fraction of sp³-hybridized carbons (Fsp3) is 0.857. The van der Waals surface area contributed by atoms with Crippen molar-refractivity contribution in [3.63, 3.8) is 0 Å². The Morgan fingerprint density at radius 3 is 1.85 bits per heavy atom. The highest BCUT2D eigenvalue weighted by molar-refractivity contribution is 5.92. The number of ketones is 2. The summed E-state index contributed by atoms with van der Waals surface area (Å²) in [5.74, 6) is 0.590. The molecule has 148 valence electrons. The van der Waals surface area contributed by atoms with Crippen LogP contribution in [0, 0.1) is 16.7 Å². The first-order valence-electron chi connectivity index (χ1n) is 10.1. The predicted octanol–water partition coefficient (Wildman–Crippen LogP) is 3.95. The third-order valence-electron chi connectivity index (χ3n) is 5.72. The number of urea groups is 1. The molecule has 0 aromatic heterocycles. The topological polar surface area (TPSA) is 66.5 Å². The van der Waals surface area contributed by atoms with Crippen molar-refractivity contribution >= 4 is 17.6 Å². The molecule has 1 atom stereocenters. The zero-order valence-corrected chi connectivity index (χ0v) is 17.4. The van der Waals surface area contributed by atoms with E-state index in [1.807, 2.05) is 41.5 Å². The number of nitrogens with zero attached hydrogens (tertiary/aromatic N) is 1. The van der Waals surface area contributed by atoms with Gasteiger partial charge in [0.05, 0.1) is 6.04 Å². The van der Waals surface area contributed by atoms with Gasteiger partial charge in [-0.25, -0.2) is 4.79 Å². The molecule has 1 aliphatic heterocycles. The van der Waals surface area contributed by atoms with Gasteiger partial charge in [0.15, 0.2) is 5.78 Å². The molecule has 2 fully saturated rings. The number of amides is 2. The minimum absolute atomic E-state index is 0.109. The third-order valence-corrected chi connectivity index (χ3v) is 5.72. The van der Waals surface area contributed by atoms with Crippen LogP contribution in [0.25, 0.3) is 0 Å². The summed E-state index contributed by atoms with van der Waals surface area (Å²) in [4.78, 5) is 39.5. The SMILES string of the molecule is CC(C)(C)C(=O)C1CCC(NC(=O)N2CCCC2C(=O)C(C)(C)C)CC1. The van der Waals surface area contributed by atoms with Crippen LogP contribution in [0.2, 0.25) is 0 Å². The molecule has 1 N–H and O–H groups in total. The molecule has 2 rings (SSSR count). The van der Waals surface area contributed by atoms with E-state index in [4.69, 9.17) is 0 Å². The number of Topliss-reactive ketones (excluding diaryl/α,β-unsaturated/α-hetero) is 2. The molecule has 1 saturated heterocycles. The van der Waals surface area contributed by atoms with Crippen LogP contribution in [0.5, 0.6) is 0 Å². The normalized spacial score (nSPS) is 27.3. The van der Waals surface area contributed by atoms with Crippen LogP contribution in [-0.2, 0) is 9.59 Å². The van der Waals surface area contributed by atoms with Crippen LogP contribution in [0.4, 0.5) is 4.79 Å². The van der Waals surface area contributed by atoms with E-state index in [9.17, 15) is 14.4 Å². The van der Waals surface area contributed by atoms with Crippen molar-refractivity contribution in [2.75, 3.05) is 6.54 Å². The largest absolute Gasteiger partial charge is 0.335 e. The van der Waals surface area contributed by atoms with Gasteiger partial charge in [-0.1, -0.05) is 41.5 Å². The van der Waals surface area contributed by atoms with Gasteiger partial charge in [-0.15, -0.1) is 0 Å². The minimum atomic E-state index is -0.432. The number of hydrogen-bond donors (Lipinski definition) is 1. The zero-order valence-electron chi connectivity index (χ0n) is 17.4. The Hall–Kier alpha value is -1.39. The monoisotopic (exact) mass is 364 g/mol. The second-order valence-electron chi connectivity index (χ2n) is 10.1. The van der Waals surface area contributed by atoms with Crippen LogP contribution in [-0.4, -0.2) is 41.1 Å². The molecule has 0 bridgehead atoms. The standard InChI is InChI=1S/C21H36N2O3/c1-20(2,3)17(24)14-9-11-15(12-10-14)22-19(26)23-13-7-8-16(23)18(25)21(4,5)6/h14-16H,7-13H2,1-6H3,(H,22,26). The van der Waals surface area contributed by atoms with Crippen molar-refractivity contribution in [1.82, 2.24) is 10.2 Å². The van der Waals surface area contributed by atoms with E-state index in [-0.39, 0.29) is 35.2 Å². The molecule has 1 saturated carbocycles. The van der Waals surface area contributed by atoms with E-state index in [1.165, 1.54) is 0 Å². The molecule has 0 aromatic carbocycles. The smallest absolute Gasteiger partial charge is 0.318 e. The molecule has 1 unspecified atom stereocenters. The Morgan fingerprint density at radius 1 is 0.808 bits per heavy atom. The Morgan fingerprint density at radius 2 is 1.35 bits per heavy atom. The van der Waals surface area contributed by atoms with E-state index < -0.39 is 5.41 Å². The van der Waals surface area contributed by atoms with Crippen molar-refractivity contribution in [1.29, 1.82) is 0 Å². The molecular weight excluding hydrogens is 328 g/mol. The number of nitrogens with one attached hydrogen (secondary N) is 1. The van der Waals surface area contributed by atoms with Gasteiger partial charge >= 0.3 is 6.03 Å². The first kappa shape index (κ1) is 20.9. The lowest BCUT2D eigenvalue weighted by molar-refractivity contribution is -0.131. The Bertz CT molecular complexity index is 549. The summed E-state index contributed by atoms with van der Waals surface area (Å²) in [6.45, 7) is 12.3. The van der Waals surface area contributed by atoms with E-state index >= 15 is 0 Å². The number of rotatable bonds is 3. The first-order chi connectivity index (χ1) is 11.9. The highest BCUT2D eigenvalue weighted by atomic mass is 16.2. The van der Waals surface area contributed by atoms with Gasteiger partial charge in [0.1, 0.15) is 5.78 Å². The number of hydrogen-bond acceptors (Lipinski definition) is 3. The van der Waals surface area contributed by atoms with Crippen LogP contribution < -0.4 is 5.32 Å². The Kier molecular flexibility index (Phi) is 6.19. The van der Waals surface area contributed by atoms with Crippen molar-refractivity contribution < 1.29 is 14.4 Å². The number of carbonyl (C=O) groups excluding carboxylic acids is 3. The maximum Gasteiger partial charge on any atom is 0.318 e. The molecule has 0 spiro atoms. The summed E-state index contributed by atoms with van der Waals surface area (Å²) in [6, 6.07) is -0.304. The quantitative estimate of drug-likeness (QED) is 0.824. The summed E-state index contributed by atoms with van der Waals surface area (Å²) < 4.78 is 0. The highest BCUT2D eigenvalue weighted by Gasteiger charge is 2.40. The van der Waals surface area contributed by atoms with Gasteiger partial charge in [0.2, 0.25) is 0 Å². The van der Waals surface area contributed by atoms with Crippen LogP contribution in [0.1, 0.15) is 80.1 Å². The summed E-state index contributed by atoms with van der Waals surface area (Å²) >= 11 is 0. The van der Waals surface area contributed by atoms with Gasteiger partial charge < -0.3 is 10.2 Å². The Balaban J connectivity index is 1.89. The molecule has 26 heavy (non-hydrogen) atoms. The molecular formula is C21H36N2O3. The lowest BCUT2D eigenvalue weighted by Crippen LogP contribution is -2.51. The maximum atomic E-state index is 12.7. The lowest BCUT2D eigenvalue weighted by atomic mass is 9.75. The van der Waals surface area contributed by atoms with E-state index in [0.717, 1.165) is 38.5 Å². The van der Waals surface area contributed by atoms with Gasteiger partial charge in [0.25, 0.3) is 0 Å². The molecule has 2 amide bonds. The number of carbonyl (C=O) groups is 3. The van der Waals surface area contributed by atoms with Gasteiger partial charge in [-0.2, -0.15) is 0 Å². The molecule has 5 nitrogen and oxygen atoms in total. The summed E-state index contributed by atoms with van der Waals surface area (Å²) in [5.41, 5.74) is -0.726.